The Balaban J connectivity index is 1.57. The third-order valence-corrected chi connectivity index (χ3v) is 8.20. The van der Waals surface area contributed by atoms with E-state index in [0.29, 0.717) is 12.1 Å². The highest BCUT2D eigenvalue weighted by atomic mass is 32.2. The molecule has 1 aliphatic rings. The van der Waals surface area contributed by atoms with Crippen LogP contribution in [0.5, 0.6) is 0 Å². The molecular formula is C26H25F2NO4S2. The highest BCUT2D eigenvalue weighted by molar-refractivity contribution is 7.99. The number of alkyl halides is 2. The van der Waals surface area contributed by atoms with Gasteiger partial charge in [0.05, 0.1) is 4.90 Å². The smallest absolute Gasteiger partial charge is 0.336 e. The second-order valence-electron chi connectivity index (χ2n) is 8.33. The lowest BCUT2D eigenvalue weighted by molar-refractivity contribution is -0.00714. The fourth-order valence-electron chi connectivity index (χ4n) is 3.93. The van der Waals surface area contributed by atoms with Crippen molar-refractivity contribution < 1.29 is 21.6 Å². The fraction of sp³-hybridized carbons (Fsp3) is 0.269. The summed E-state index contributed by atoms with van der Waals surface area (Å²) in [5.74, 6) is -3.16. The lowest BCUT2D eigenvalue weighted by atomic mass is 9.98. The van der Waals surface area contributed by atoms with E-state index in [0.717, 1.165) is 23.6 Å². The third-order valence-electron chi connectivity index (χ3n) is 5.87. The Morgan fingerprint density at radius 3 is 2.51 bits per heavy atom. The van der Waals surface area contributed by atoms with E-state index in [-0.39, 0.29) is 26.7 Å². The summed E-state index contributed by atoms with van der Waals surface area (Å²) in [5.41, 5.74) is 1.02. The lowest BCUT2D eigenvalue weighted by Gasteiger charge is -2.16. The number of hydrogen-bond acceptors (Lipinski definition) is 5. The molecule has 1 heterocycles. The van der Waals surface area contributed by atoms with Crippen LogP contribution < -0.4 is 10.3 Å². The number of thioether (sulfide) groups is 1. The van der Waals surface area contributed by atoms with Gasteiger partial charge in [0.1, 0.15) is 5.58 Å². The van der Waals surface area contributed by atoms with E-state index in [2.05, 4.69) is 4.72 Å². The summed E-state index contributed by atoms with van der Waals surface area (Å²) in [6.45, 7) is 1.36. The van der Waals surface area contributed by atoms with Crippen molar-refractivity contribution in [3.63, 3.8) is 0 Å². The summed E-state index contributed by atoms with van der Waals surface area (Å²) in [4.78, 5) is 11.9. The normalized spacial score (nSPS) is 16.3. The molecule has 2 aromatic carbocycles. The molecule has 0 aliphatic heterocycles. The molecule has 0 amide bonds. The predicted molar refractivity (Wildman–Crippen MR) is 135 cm³/mol. The molecule has 1 atom stereocenters. The van der Waals surface area contributed by atoms with Gasteiger partial charge in [0.25, 0.3) is 15.9 Å². The molecule has 184 valence electrons. The van der Waals surface area contributed by atoms with Crippen molar-refractivity contribution in [2.75, 3.05) is 6.26 Å². The van der Waals surface area contributed by atoms with Gasteiger partial charge >= 0.3 is 5.63 Å². The standard InChI is InChI=1S/C26H25F2NO4S2/c1-3-26(27,28)23-16-25(30)33-24-12-9-18(14-22(23)24)13-17-7-10-21(11-8-17)35(31,32)29-19-5-4-6-20(15-19)34-2/h4-5,7-12,14-16,20,29H,3,6,13H2,1-2H3. The molecule has 3 aromatic rings. The van der Waals surface area contributed by atoms with Crippen LogP contribution in [-0.4, -0.2) is 19.9 Å². The van der Waals surface area contributed by atoms with Gasteiger partial charge in [-0.15, -0.1) is 0 Å². The summed E-state index contributed by atoms with van der Waals surface area (Å²) in [5, 5.41) is 0.419. The first-order chi connectivity index (χ1) is 16.6. The Labute approximate surface area is 207 Å². The van der Waals surface area contributed by atoms with E-state index in [4.69, 9.17) is 4.42 Å². The average molecular weight is 518 g/mol. The number of hydrogen-bond donors (Lipinski definition) is 1. The molecule has 0 saturated carbocycles. The number of nitrogens with one attached hydrogen (secondary N) is 1. The van der Waals surface area contributed by atoms with Crippen LogP contribution in [0.2, 0.25) is 0 Å². The van der Waals surface area contributed by atoms with Gasteiger partial charge in [-0.1, -0.05) is 31.2 Å². The van der Waals surface area contributed by atoms with Crippen LogP contribution in [-0.2, 0) is 22.4 Å². The molecule has 0 saturated heterocycles. The molecule has 0 spiro atoms. The first kappa shape index (κ1) is 25.2. The van der Waals surface area contributed by atoms with Crippen molar-refractivity contribution in [3.05, 3.63) is 99.6 Å². The first-order valence-corrected chi connectivity index (χ1v) is 13.9. The van der Waals surface area contributed by atoms with Gasteiger partial charge in [0, 0.05) is 34.4 Å². The van der Waals surface area contributed by atoms with Crippen molar-refractivity contribution in [1.29, 1.82) is 0 Å². The molecule has 0 fully saturated rings. The van der Waals surface area contributed by atoms with E-state index in [1.165, 1.54) is 25.1 Å². The zero-order valence-electron chi connectivity index (χ0n) is 19.3. The van der Waals surface area contributed by atoms with E-state index in [1.807, 2.05) is 18.4 Å². The van der Waals surface area contributed by atoms with Gasteiger partial charge in [-0.3, -0.25) is 4.72 Å². The molecule has 0 radical (unpaired) electrons. The number of allylic oxidation sites excluding steroid dienone is 2. The molecule has 1 unspecified atom stereocenters. The van der Waals surface area contributed by atoms with Crippen LogP contribution in [0.15, 0.2) is 86.6 Å². The third kappa shape index (κ3) is 5.67. The first-order valence-electron chi connectivity index (χ1n) is 11.1. The lowest BCUT2D eigenvalue weighted by Crippen LogP contribution is -2.24. The second-order valence-corrected chi connectivity index (χ2v) is 11.1. The maximum Gasteiger partial charge on any atom is 0.336 e. The van der Waals surface area contributed by atoms with E-state index < -0.39 is 28.0 Å². The van der Waals surface area contributed by atoms with Gasteiger partial charge in [0.15, 0.2) is 0 Å². The maximum atomic E-state index is 14.5. The zero-order valence-corrected chi connectivity index (χ0v) is 20.9. The highest BCUT2D eigenvalue weighted by Crippen LogP contribution is 2.36. The monoisotopic (exact) mass is 517 g/mol. The number of benzene rings is 2. The Kier molecular flexibility index (Phi) is 7.19. The molecular weight excluding hydrogens is 492 g/mol. The topological polar surface area (TPSA) is 76.4 Å². The number of fused-ring (bicyclic) bond motifs is 1. The van der Waals surface area contributed by atoms with Crippen LogP contribution in [0.25, 0.3) is 11.0 Å². The van der Waals surface area contributed by atoms with Gasteiger partial charge in [-0.2, -0.15) is 11.8 Å². The van der Waals surface area contributed by atoms with Crippen LogP contribution in [0.3, 0.4) is 0 Å². The van der Waals surface area contributed by atoms with Gasteiger partial charge in [0.2, 0.25) is 0 Å². The SMILES string of the molecule is CCC(F)(F)c1cc(=O)oc2ccc(Cc3ccc(S(=O)(=O)NC4=CC(SC)CC=C4)cc3)cc12. The van der Waals surface area contributed by atoms with Crippen molar-refractivity contribution >= 4 is 32.8 Å². The van der Waals surface area contributed by atoms with Gasteiger partial charge in [-0.25, -0.2) is 22.0 Å². The van der Waals surface area contributed by atoms with Crippen LogP contribution >= 0.6 is 11.8 Å². The van der Waals surface area contributed by atoms with Crippen LogP contribution in [0, 0.1) is 0 Å². The Hall–Kier alpha value is -2.91. The summed E-state index contributed by atoms with van der Waals surface area (Å²) in [6, 6.07) is 12.1. The number of halogens is 2. The Bertz CT molecular complexity index is 1460. The summed E-state index contributed by atoms with van der Waals surface area (Å²) < 4.78 is 62.3. The highest BCUT2D eigenvalue weighted by Gasteiger charge is 2.32. The van der Waals surface area contributed by atoms with Crippen molar-refractivity contribution in [2.45, 2.75) is 42.3 Å². The van der Waals surface area contributed by atoms with E-state index in [1.54, 1.807) is 42.1 Å². The zero-order chi connectivity index (χ0) is 25.2. The van der Waals surface area contributed by atoms with Crippen LogP contribution in [0.4, 0.5) is 8.78 Å². The number of sulfonamides is 1. The maximum absolute atomic E-state index is 14.5. The molecule has 0 bridgehead atoms. The van der Waals surface area contributed by atoms with Crippen LogP contribution in [0.1, 0.15) is 36.5 Å². The predicted octanol–water partition coefficient (Wildman–Crippen LogP) is 5.74. The van der Waals surface area contributed by atoms with E-state index >= 15 is 0 Å². The molecule has 1 aromatic heterocycles. The van der Waals surface area contributed by atoms with Crippen molar-refractivity contribution in [3.8, 4) is 0 Å². The molecule has 9 heteroatoms. The Morgan fingerprint density at radius 1 is 1.11 bits per heavy atom. The van der Waals surface area contributed by atoms with Gasteiger partial charge < -0.3 is 4.42 Å². The summed E-state index contributed by atoms with van der Waals surface area (Å²) in [7, 11) is -3.74. The molecule has 35 heavy (non-hydrogen) atoms. The minimum atomic E-state index is -3.74. The molecule has 5 nitrogen and oxygen atoms in total. The van der Waals surface area contributed by atoms with E-state index in [9.17, 15) is 22.0 Å². The second kappa shape index (κ2) is 9.99. The van der Waals surface area contributed by atoms with Crippen molar-refractivity contribution in [2.24, 2.45) is 0 Å². The summed E-state index contributed by atoms with van der Waals surface area (Å²) in [6.07, 6.45) is 8.39. The Morgan fingerprint density at radius 2 is 1.83 bits per heavy atom. The van der Waals surface area contributed by atoms with Crippen molar-refractivity contribution in [1.82, 2.24) is 4.72 Å². The largest absolute Gasteiger partial charge is 0.423 e. The quantitative estimate of drug-likeness (QED) is 0.386. The minimum Gasteiger partial charge on any atom is -0.423 e. The van der Waals surface area contributed by atoms with Gasteiger partial charge in [-0.05, 0) is 66.6 Å². The fourth-order valence-corrected chi connectivity index (χ4v) is 5.58. The molecule has 1 N–H and O–H groups in total. The average Bonchev–Trinajstić information content (AvgIpc) is 2.84. The molecule has 1 aliphatic carbocycles. The minimum absolute atomic E-state index is 0.103. The summed E-state index contributed by atoms with van der Waals surface area (Å²) >= 11 is 1.65. The molecule has 4 rings (SSSR count). The number of rotatable bonds is 8.